The average Bonchev–Trinajstić information content (AvgIpc) is 2.32. The summed E-state index contributed by atoms with van der Waals surface area (Å²) in [7, 11) is 0. The highest BCUT2D eigenvalue weighted by atomic mass is 32.2. The zero-order chi connectivity index (χ0) is 10.3. The summed E-state index contributed by atoms with van der Waals surface area (Å²) in [6.45, 7) is 1.89. The number of hydrogen-bond acceptors (Lipinski definition) is 4. The van der Waals surface area contributed by atoms with E-state index in [4.69, 9.17) is 0 Å². The van der Waals surface area contributed by atoms with Crippen LogP contribution in [0.2, 0.25) is 0 Å². The van der Waals surface area contributed by atoms with E-state index in [2.05, 4.69) is 21.4 Å². The third kappa shape index (κ3) is 3.55. The van der Waals surface area contributed by atoms with Gasteiger partial charge in [-0.3, -0.25) is 9.98 Å². The SMILES string of the molecule is c1ccc(CCNC2=NCCCS2)nc1. The fourth-order valence-electron chi connectivity index (χ4n) is 1.41. The van der Waals surface area contributed by atoms with Crippen molar-refractivity contribution >= 4 is 16.9 Å². The molecule has 15 heavy (non-hydrogen) atoms. The molecule has 0 saturated carbocycles. The number of amidine groups is 1. The predicted octanol–water partition coefficient (Wildman–Crippen LogP) is 1.71. The van der Waals surface area contributed by atoms with Gasteiger partial charge in [0.1, 0.15) is 0 Å². The lowest BCUT2D eigenvalue weighted by Gasteiger charge is -2.12. The van der Waals surface area contributed by atoms with E-state index in [1.807, 2.05) is 30.1 Å². The summed E-state index contributed by atoms with van der Waals surface area (Å²) in [4.78, 5) is 8.68. The molecule has 0 radical (unpaired) electrons. The second kappa shape index (κ2) is 5.75. The van der Waals surface area contributed by atoms with E-state index in [9.17, 15) is 0 Å². The molecule has 0 saturated heterocycles. The van der Waals surface area contributed by atoms with Crippen LogP contribution in [0.1, 0.15) is 12.1 Å². The first kappa shape index (κ1) is 10.5. The number of hydrogen-bond donors (Lipinski definition) is 1. The van der Waals surface area contributed by atoms with E-state index in [1.165, 1.54) is 12.2 Å². The van der Waals surface area contributed by atoms with Crippen molar-refractivity contribution in [2.24, 2.45) is 4.99 Å². The third-order valence-corrected chi connectivity index (χ3v) is 3.22. The number of aromatic nitrogens is 1. The maximum absolute atomic E-state index is 4.41. The Labute approximate surface area is 94.4 Å². The highest BCUT2D eigenvalue weighted by Gasteiger charge is 2.04. The number of thioether (sulfide) groups is 1. The first-order valence-electron chi connectivity index (χ1n) is 5.26. The number of nitrogens with one attached hydrogen (secondary N) is 1. The van der Waals surface area contributed by atoms with Crippen molar-refractivity contribution in [1.29, 1.82) is 0 Å². The molecule has 0 spiro atoms. The molecule has 0 bridgehead atoms. The monoisotopic (exact) mass is 221 g/mol. The van der Waals surface area contributed by atoms with Crippen LogP contribution in [0.15, 0.2) is 29.4 Å². The molecule has 0 amide bonds. The minimum atomic E-state index is 0.919. The topological polar surface area (TPSA) is 37.3 Å². The first-order valence-corrected chi connectivity index (χ1v) is 6.25. The number of nitrogens with zero attached hydrogens (tertiary/aromatic N) is 2. The predicted molar refractivity (Wildman–Crippen MR) is 65.3 cm³/mol. The molecule has 2 heterocycles. The molecule has 0 aliphatic carbocycles. The lowest BCUT2D eigenvalue weighted by atomic mass is 10.3. The molecule has 0 fully saturated rings. The van der Waals surface area contributed by atoms with Crippen molar-refractivity contribution in [2.75, 3.05) is 18.8 Å². The summed E-state index contributed by atoms with van der Waals surface area (Å²) in [6.07, 6.45) is 4.00. The highest BCUT2D eigenvalue weighted by molar-refractivity contribution is 8.13. The smallest absolute Gasteiger partial charge is 0.156 e. The molecule has 1 aliphatic heterocycles. The number of rotatable bonds is 3. The van der Waals surface area contributed by atoms with E-state index in [-0.39, 0.29) is 0 Å². The zero-order valence-electron chi connectivity index (χ0n) is 8.65. The van der Waals surface area contributed by atoms with Crippen LogP contribution in [0, 0.1) is 0 Å². The Morgan fingerprint density at radius 3 is 3.13 bits per heavy atom. The molecule has 3 nitrogen and oxygen atoms in total. The molecule has 0 aromatic carbocycles. The summed E-state index contributed by atoms with van der Waals surface area (Å²) < 4.78 is 0. The second-order valence-electron chi connectivity index (χ2n) is 3.39. The number of aliphatic imine (C=N–C) groups is 1. The summed E-state index contributed by atoms with van der Waals surface area (Å²) in [5.74, 6) is 1.19. The van der Waals surface area contributed by atoms with E-state index >= 15 is 0 Å². The van der Waals surface area contributed by atoms with Crippen molar-refractivity contribution in [3.63, 3.8) is 0 Å². The minimum Gasteiger partial charge on any atom is -0.365 e. The molecular formula is C11H15N3S. The van der Waals surface area contributed by atoms with Crippen LogP contribution in [-0.4, -0.2) is 29.0 Å². The number of pyridine rings is 1. The lowest BCUT2D eigenvalue weighted by molar-refractivity contribution is 0.834. The minimum absolute atomic E-state index is 0.919. The van der Waals surface area contributed by atoms with E-state index in [0.717, 1.165) is 30.4 Å². The fraction of sp³-hybridized carbons (Fsp3) is 0.455. The van der Waals surface area contributed by atoms with Crippen LogP contribution in [0.3, 0.4) is 0 Å². The lowest BCUT2D eigenvalue weighted by Crippen LogP contribution is -2.25. The Hall–Kier alpha value is -1.03. The Kier molecular flexibility index (Phi) is 4.02. The first-order chi connectivity index (χ1) is 7.45. The molecule has 1 aromatic rings. The molecule has 1 N–H and O–H groups in total. The van der Waals surface area contributed by atoms with Gasteiger partial charge in [-0.2, -0.15) is 0 Å². The van der Waals surface area contributed by atoms with Gasteiger partial charge in [0.15, 0.2) is 5.17 Å². The van der Waals surface area contributed by atoms with Gasteiger partial charge in [0.25, 0.3) is 0 Å². The zero-order valence-corrected chi connectivity index (χ0v) is 9.46. The molecule has 0 unspecified atom stereocenters. The van der Waals surface area contributed by atoms with Gasteiger partial charge in [0, 0.05) is 37.2 Å². The van der Waals surface area contributed by atoms with Crippen LogP contribution in [-0.2, 0) is 6.42 Å². The van der Waals surface area contributed by atoms with E-state index in [1.54, 1.807) is 0 Å². The van der Waals surface area contributed by atoms with Gasteiger partial charge in [-0.25, -0.2) is 0 Å². The Bertz CT molecular complexity index is 324. The van der Waals surface area contributed by atoms with Gasteiger partial charge in [-0.05, 0) is 18.6 Å². The van der Waals surface area contributed by atoms with Crippen LogP contribution < -0.4 is 5.32 Å². The fourth-order valence-corrected chi connectivity index (χ4v) is 2.26. The van der Waals surface area contributed by atoms with Crippen molar-refractivity contribution in [1.82, 2.24) is 10.3 Å². The molecule has 1 aliphatic rings. The molecule has 80 valence electrons. The summed E-state index contributed by atoms with van der Waals surface area (Å²) in [5, 5.41) is 4.44. The van der Waals surface area contributed by atoms with Crippen LogP contribution in [0.25, 0.3) is 0 Å². The standard InChI is InChI=1S/C11H15N3S/c1-2-6-12-10(4-1)5-8-14-11-13-7-3-9-15-11/h1-2,4,6H,3,5,7-9H2,(H,13,14). The van der Waals surface area contributed by atoms with Gasteiger partial charge in [-0.1, -0.05) is 17.8 Å². The van der Waals surface area contributed by atoms with Crippen LogP contribution in [0.4, 0.5) is 0 Å². The maximum atomic E-state index is 4.41. The Morgan fingerprint density at radius 1 is 1.40 bits per heavy atom. The van der Waals surface area contributed by atoms with Crippen molar-refractivity contribution in [2.45, 2.75) is 12.8 Å². The molecule has 0 atom stereocenters. The quantitative estimate of drug-likeness (QED) is 0.844. The molecule has 1 aromatic heterocycles. The Balaban J connectivity index is 1.73. The van der Waals surface area contributed by atoms with Gasteiger partial charge >= 0.3 is 0 Å². The second-order valence-corrected chi connectivity index (χ2v) is 4.47. The van der Waals surface area contributed by atoms with Gasteiger partial charge in [0.2, 0.25) is 0 Å². The van der Waals surface area contributed by atoms with E-state index < -0.39 is 0 Å². The maximum Gasteiger partial charge on any atom is 0.156 e. The summed E-state index contributed by atoms with van der Waals surface area (Å²) in [6, 6.07) is 6.02. The van der Waals surface area contributed by atoms with Gasteiger partial charge < -0.3 is 5.32 Å². The Morgan fingerprint density at radius 2 is 2.40 bits per heavy atom. The van der Waals surface area contributed by atoms with Gasteiger partial charge in [0.05, 0.1) is 0 Å². The van der Waals surface area contributed by atoms with E-state index in [0.29, 0.717) is 0 Å². The van der Waals surface area contributed by atoms with Crippen molar-refractivity contribution in [3.05, 3.63) is 30.1 Å². The van der Waals surface area contributed by atoms with Crippen LogP contribution in [0.5, 0.6) is 0 Å². The molecule has 2 rings (SSSR count). The molecule has 4 heteroatoms. The van der Waals surface area contributed by atoms with Gasteiger partial charge in [-0.15, -0.1) is 0 Å². The van der Waals surface area contributed by atoms with Crippen LogP contribution >= 0.6 is 11.8 Å². The normalized spacial score (nSPS) is 15.9. The van der Waals surface area contributed by atoms with Crippen molar-refractivity contribution < 1.29 is 0 Å². The third-order valence-electron chi connectivity index (χ3n) is 2.18. The molecular weight excluding hydrogens is 206 g/mol. The highest BCUT2D eigenvalue weighted by Crippen LogP contribution is 2.09. The average molecular weight is 221 g/mol. The van der Waals surface area contributed by atoms with Crippen molar-refractivity contribution in [3.8, 4) is 0 Å². The summed E-state index contributed by atoms with van der Waals surface area (Å²) >= 11 is 1.82. The largest absolute Gasteiger partial charge is 0.365 e. The summed E-state index contributed by atoms with van der Waals surface area (Å²) in [5.41, 5.74) is 1.13.